The maximum Gasteiger partial charge on any atom is 0.430 e. The zero-order chi connectivity index (χ0) is 15.8. The molecule has 0 rings (SSSR count). The van der Waals surface area contributed by atoms with E-state index in [-0.39, 0.29) is 6.61 Å². The summed E-state index contributed by atoms with van der Waals surface area (Å²) < 4.78 is 9.98. The molecule has 0 aromatic heterocycles. The van der Waals surface area contributed by atoms with Gasteiger partial charge in [-0.3, -0.25) is 0 Å². The summed E-state index contributed by atoms with van der Waals surface area (Å²) in [5.41, 5.74) is -0.605. The monoisotopic (exact) mass is 286 g/mol. The summed E-state index contributed by atoms with van der Waals surface area (Å²) in [6.07, 6.45) is 1.19. The van der Waals surface area contributed by atoms with E-state index in [2.05, 4.69) is 5.10 Å². The molecule has 20 heavy (non-hydrogen) atoms. The van der Waals surface area contributed by atoms with E-state index in [1.54, 1.807) is 27.7 Å². The number of hydrogen-bond donors (Lipinski definition) is 0. The van der Waals surface area contributed by atoms with Crippen molar-refractivity contribution < 1.29 is 19.1 Å². The fourth-order valence-electron chi connectivity index (χ4n) is 1.19. The third-order valence-electron chi connectivity index (χ3n) is 2.11. The van der Waals surface area contributed by atoms with Gasteiger partial charge < -0.3 is 9.47 Å². The molecule has 0 aliphatic heterocycles. The predicted octanol–water partition coefficient (Wildman–Crippen LogP) is 2.82. The molecule has 116 valence electrons. The molecule has 0 aromatic carbocycles. The van der Waals surface area contributed by atoms with Gasteiger partial charge >= 0.3 is 12.1 Å². The molecule has 0 saturated heterocycles. The molecule has 0 spiro atoms. The van der Waals surface area contributed by atoms with Crippen molar-refractivity contribution in [1.82, 2.24) is 5.01 Å². The lowest BCUT2D eigenvalue weighted by Crippen LogP contribution is -2.35. The molecule has 0 atom stereocenters. The van der Waals surface area contributed by atoms with Crippen LogP contribution in [0.2, 0.25) is 0 Å². The standard InChI is InChI=1S/C14H26N2O4/c1-7-19-12(17)10-15-16(9-8-11(2)3)13(18)20-14(4,5)6/h10-11H,7-9H2,1-6H3. The minimum absolute atomic E-state index is 0.267. The number of carbonyl (C=O) groups excluding carboxylic acids is 2. The summed E-state index contributed by atoms with van der Waals surface area (Å²) in [5.74, 6) is -0.164. The topological polar surface area (TPSA) is 68.2 Å². The molecule has 0 fully saturated rings. The quantitative estimate of drug-likeness (QED) is 0.428. The number of hydrazone groups is 1. The Kier molecular flexibility index (Phi) is 7.87. The molecule has 0 aliphatic carbocycles. The van der Waals surface area contributed by atoms with Crippen molar-refractivity contribution in [2.75, 3.05) is 13.2 Å². The minimum Gasteiger partial charge on any atom is -0.462 e. The van der Waals surface area contributed by atoms with Crippen LogP contribution >= 0.6 is 0 Å². The van der Waals surface area contributed by atoms with Gasteiger partial charge in [-0.15, -0.1) is 0 Å². The zero-order valence-corrected chi connectivity index (χ0v) is 13.3. The van der Waals surface area contributed by atoms with E-state index in [9.17, 15) is 9.59 Å². The van der Waals surface area contributed by atoms with Crippen LogP contribution in [0.3, 0.4) is 0 Å². The van der Waals surface area contributed by atoms with Gasteiger partial charge in [-0.25, -0.2) is 9.59 Å². The second-order valence-electron chi connectivity index (χ2n) is 5.78. The maximum absolute atomic E-state index is 12.0. The summed E-state index contributed by atoms with van der Waals surface area (Å²) in [6, 6.07) is 0. The van der Waals surface area contributed by atoms with Gasteiger partial charge in [0.1, 0.15) is 11.8 Å². The average molecular weight is 286 g/mol. The molecule has 0 aromatic rings. The Morgan fingerprint density at radius 2 is 1.90 bits per heavy atom. The van der Waals surface area contributed by atoms with E-state index >= 15 is 0 Å². The summed E-state index contributed by atoms with van der Waals surface area (Å²) in [6.45, 7) is 11.8. The largest absolute Gasteiger partial charge is 0.462 e. The van der Waals surface area contributed by atoms with E-state index < -0.39 is 17.7 Å². The third kappa shape index (κ3) is 9.35. The zero-order valence-electron chi connectivity index (χ0n) is 13.3. The first-order valence-electron chi connectivity index (χ1n) is 6.87. The Labute approximate surface area is 121 Å². The Balaban J connectivity index is 4.71. The van der Waals surface area contributed by atoms with Crippen LogP contribution in [0.4, 0.5) is 4.79 Å². The predicted molar refractivity (Wildman–Crippen MR) is 77.5 cm³/mol. The van der Waals surface area contributed by atoms with E-state index in [0.717, 1.165) is 17.6 Å². The second-order valence-corrected chi connectivity index (χ2v) is 5.78. The smallest absolute Gasteiger partial charge is 0.430 e. The number of hydrogen-bond acceptors (Lipinski definition) is 5. The van der Waals surface area contributed by atoms with Gasteiger partial charge in [-0.1, -0.05) is 13.8 Å². The first-order valence-corrected chi connectivity index (χ1v) is 6.87. The SMILES string of the molecule is CCOC(=O)C=NN(CCC(C)C)C(=O)OC(C)(C)C. The highest BCUT2D eigenvalue weighted by atomic mass is 16.6. The Hall–Kier alpha value is -1.59. The fraction of sp³-hybridized carbons (Fsp3) is 0.786. The summed E-state index contributed by atoms with van der Waals surface area (Å²) in [5, 5.41) is 5.01. The number of carbonyl (C=O) groups is 2. The van der Waals surface area contributed by atoms with Crippen molar-refractivity contribution in [3.05, 3.63) is 0 Å². The lowest BCUT2D eigenvalue weighted by molar-refractivity contribution is -0.134. The normalized spacial score (nSPS) is 11.8. The molecule has 0 aliphatic rings. The molecular weight excluding hydrogens is 260 g/mol. The van der Waals surface area contributed by atoms with Gasteiger partial charge in [-0.2, -0.15) is 10.1 Å². The molecular formula is C14H26N2O4. The van der Waals surface area contributed by atoms with Crippen LogP contribution in [0.5, 0.6) is 0 Å². The van der Waals surface area contributed by atoms with E-state index in [1.165, 1.54) is 0 Å². The first kappa shape index (κ1) is 18.4. The maximum atomic E-state index is 12.0. The number of nitrogens with zero attached hydrogens (tertiary/aromatic N) is 2. The molecule has 0 unspecified atom stereocenters. The molecule has 0 radical (unpaired) electrons. The molecule has 1 amide bonds. The molecule has 6 heteroatoms. The minimum atomic E-state index is -0.605. The van der Waals surface area contributed by atoms with Crippen LogP contribution in [0.1, 0.15) is 48.0 Å². The average Bonchev–Trinajstić information content (AvgIpc) is 2.26. The number of rotatable bonds is 6. The van der Waals surface area contributed by atoms with Crippen molar-refractivity contribution in [2.45, 2.75) is 53.6 Å². The molecule has 6 nitrogen and oxygen atoms in total. The lowest BCUT2D eigenvalue weighted by atomic mass is 10.1. The number of ether oxygens (including phenoxy) is 2. The van der Waals surface area contributed by atoms with Crippen LogP contribution < -0.4 is 0 Å². The fourth-order valence-corrected chi connectivity index (χ4v) is 1.19. The first-order chi connectivity index (χ1) is 9.15. The van der Waals surface area contributed by atoms with Crippen LogP contribution in [-0.2, 0) is 14.3 Å². The summed E-state index contributed by atoms with van der Waals surface area (Å²) in [4.78, 5) is 23.2. The Morgan fingerprint density at radius 3 is 2.35 bits per heavy atom. The van der Waals surface area contributed by atoms with Gasteiger partial charge in [0.25, 0.3) is 0 Å². The third-order valence-corrected chi connectivity index (χ3v) is 2.11. The van der Waals surface area contributed by atoms with E-state index in [0.29, 0.717) is 12.5 Å². The molecule has 0 N–H and O–H groups in total. The molecule has 0 saturated carbocycles. The van der Waals surface area contributed by atoms with Crippen molar-refractivity contribution in [3.8, 4) is 0 Å². The summed E-state index contributed by atoms with van der Waals surface area (Å²) in [7, 11) is 0. The number of amides is 1. The van der Waals surface area contributed by atoms with Crippen LogP contribution in [0.25, 0.3) is 0 Å². The lowest BCUT2D eigenvalue weighted by Gasteiger charge is -2.24. The van der Waals surface area contributed by atoms with Crippen molar-refractivity contribution in [3.63, 3.8) is 0 Å². The van der Waals surface area contributed by atoms with Gasteiger partial charge in [0.05, 0.1) is 6.61 Å². The second kappa shape index (κ2) is 8.55. The van der Waals surface area contributed by atoms with E-state index in [1.807, 2.05) is 13.8 Å². The van der Waals surface area contributed by atoms with Crippen LogP contribution in [0, 0.1) is 5.92 Å². The van der Waals surface area contributed by atoms with Crippen molar-refractivity contribution >= 4 is 18.3 Å². The van der Waals surface area contributed by atoms with Crippen molar-refractivity contribution in [2.24, 2.45) is 11.0 Å². The molecule has 0 bridgehead atoms. The Morgan fingerprint density at radius 1 is 1.30 bits per heavy atom. The molecule has 0 heterocycles. The van der Waals surface area contributed by atoms with Crippen LogP contribution in [-0.4, -0.2) is 42.0 Å². The Bertz CT molecular complexity index is 346. The van der Waals surface area contributed by atoms with Crippen molar-refractivity contribution in [1.29, 1.82) is 0 Å². The summed E-state index contributed by atoms with van der Waals surface area (Å²) >= 11 is 0. The van der Waals surface area contributed by atoms with Crippen LogP contribution in [0.15, 0.2) is 5.10 Å². The van der Waals surface area contributed by atoms with E-state index in [4.69, 9.17) is 9.47 Å². The van der Waals surface area contributed by atoms with Gasteiger partial charge in [0.2, 0.25) is 0 Å². The highest BCUT2D eigenvalue weighted by molar-refractivity contribution is 6.23. The highest BCUT2D eigenvalue weighted by Gasteiger charge is 2.22. The van der Waals surface area contributed by atoms with Gasteiger partial charge in [0, 0.05) is 6.54 Å². The van der Waals surface area contributed by atoms with Gasteiger partial charge in [0.15, 0.2) is 0 Å². The highest BCUT2D eigenvalue weighted by Crippen LogP contribution is 2.11. The van der Waals surface area contributed by atoms with Gasteiger partial charge in [-0.05, 0) is 40.0 Å². The number of esters is 1.